The van der Waals surface area contributed by atoms with Gasteiger partial charge in [-0.1, -0.05) is 123 Å². The van der Waals surface area contributed by atoms with Crippen LogP contribution in [0.2, 0.25) is 5.04 Å². The van der Waals surface area contributed by atoms with Crippen molar-refractivity contribution in [2.75, 3.05) is 19.8 Å². The smallest absolute Gasteiger partial charge is 0.261 e. The van der Waals surface area contributed by atoms with Crippen LogP contribution < -0.4 is 10.4 Å². The van der Waals surface area contributed by atoms with E-state index in [1.54, 1.807) is 12.1 Å². The maximum atomic E-state index is 13.8. The van der Waals surface area contributed by atoms with Crippen LogP contribution in [0.25, 0.3) is 6.08 Å². The second-order valence-corrected chi connectivity index (χ2v) is 20.1. The first-order chi connectivity index (χ1) is 24.4. The maximum absolute atomic E-state index is 13.8. The third kappa shape index (κ3) is 7.88. The molecule has 51 heavy (non-hydrogen) atoms. The van der Waals surface area contributed by atoms with Crippen molar-refractivity contribution < 1.29 is 29.3 Å². The number of hydrogen-bond donors (Lipinski definition) is 3. The first-order valence-electron chi connectivity index (χ1n) is 18.2. The van der Waals surface area contributed by atoms with Gasteiger partial charge in [-0.15, -0.1) is 0 Å². The number of phenols is 1. The molecule has 0 saturated carbocycles. The molecule has 0 radical (unpaired) electrons. The van der Waals surface area contributed by atoms with Crippen LogP contribution in [-0.4, -0.2) is 66.2 Å². The van der Waals surface area contributed by atoms with E-state index in [1.165, 1.54) is 4.90 Å². The number of phenolic OH excluding ortho intramolecular Hbond substituents is 1. The van der Waals surface area contributed by atoms with Crippen LogP contribution in [0, 0.1) is 17.8 Å². The number of imide groups is 1. The molecule has 272 valence electrons. The van der Waals surface area contributed by atoms with Gasteiger partial charge >= 0.3 is 0 Å². The van der Waals surface area contributed by atoms with Crippen LogP contribution in [0.5, 0.6) is 5.75 Å². The predicted molar refractivity (Wildman–Crippen MR) is 209 cm³/mol. The molecule has 3 N–H and O–H groups in total. The summed E-state index contributed by atoms with van der Waals surface area (Å²) in [6.07, 6.45) is 3.52. The van der Waals surface area contributed by atoms with E-state index in [0.717, 1.165) is 26.0 Å². The highest BCUT2D eigenvalue weighted by molar-refractivity contribution is 9.10. The lowest BCUT2D eigenvalue weighted by molar-refractivity contribution is -0.140. The number of carbonyl (C=O) groups excluding carboxylic acids is 2. The standard InChI is InChI=1S/C42H52BrNO6Si/c1-6-22-44-40(48)34-25-30(27-50-51(42(3,4)5,32-14-10-8-11-15-32)33-16-12-9-13-17-33)38(35(26-45)39(34)41(44)49)37(47)20-18-28(7-2)23-29-24-31(43)19-21-36(29)46/h8-17,19,21,23-24,34-35,37,39,45-47H,6-7,18,20,22,25-27H2,1-5H3/b28-23+/t34-,35+,37-,39-/m1/s1. The number of halogens is 1. The van der Waals surface area contributed by atoms with Crippen LogP contribution in [0.4, 0.5) is 0 Å². The van der Waals surface area contributed by atoms with Crippen LogP contribution in [-0.2, 0) is 14.0 Å². The fourth-order valence-corrected chi connectivity index (χ4v) is 13.2. The van der Waals surface area contributed by atoms with E-state index in [2.05, 4.69) is 61.0 Å². The van der Waals surface area contributed by atoms with Crippen molar-refractivity contribution in [2.24, 2.45) is 17.8 Å². The molecule has 1 saturated heterocycles. The number of hydrogen-bond acceptors (Lipinski definition) is 6. The van der Waals surface area contributed by atoms with E-state index in [-0.39, 0.29) is 35.8 Å². The summed E-state index contributed by atoms with van der Waals surface area (Å²) < 4.78 is 8.20. The molecule has 1 aliphatic heterocycles. The van der Waals surface area contributed by atoms with Crippen molar-refractivity contribution in [3.05, 3.63) is 106 Å². The van der Waals surface area contributed by atoms with Crippen molar-refractivity contribution in [3.8, 4) is 5.75 Å². The second-order valence-electron chi connectivity index (χ2n) is 14.9. The highest BCUT2D eigenvalue weighted by atomic mass is 79.9. The molecule has 4 atom stereocenters. The van der Waals surface area contributed by atoms with E-state index < -0.39 is 32.2 Å². The minimum absolute atomic E-state index is 0.164. The Bertz CT molecular complexity index is 1710. The van der Waals surface area contributed by atoms with E-state index in [4.69, 9.17) is 4.43 Å². The summed E-state index contributed by atoms with van der Waals surface area (Å²) >= 11 is 3.49. The SMILES string of the molecule is CCCN1C(=O)[C@@H]2[C@@H](CC(CO[Si](c3ccccc3)(c3ccccc3)C(C)(C)C)=C([C@H](O)CC/C(=C/c3cc(Br)ccc3O)CC)[C@@H]2CO)C1=O. The monoisotopic (exact) mass is 773 g/mol. The minimum Gasteiger partial charge on any atom is -0.507 e. The van der Waals surface area contributed by atoms with E-state index >= 15 is 0 Å². The Kier molecular flexibility index (Phi) is 12.6. The molecule has 1 heterocycles. The number of aliphatic hydroxyl groups is 2. The third-order valence-corrected chi connectivity index (χ3v) is 16.2. The van der Waals surface area contributed by atoms with Crippen LogP contribution in [0.1, 0.15) is 72.3 Å². The molecule has 9 heteroatoms. The number of likely N-dealkylation sites (tertiary alicyclic amines) is 1. The molecule has 0 spiro atoms. The van der Waals surface area contributed by atoms with Gasteiger partial charge in [0, 0.05) is 22.5 Å². The maximum Gasteiger partial charge on any atom is 0.261 e. The number of fused-ring (bicyclic) bond motifs is 1. The van der Waals surface area contributed by atoms with Gasteiger partial charge in [0.2, 0.25) is 11.8 Å². The van der Waals surface area contributed by atoms with Gasteiger partial charge in [0.1, 0.15) is 5.75 Å². The summed E-state index contributed by atoms with van der Waals surface area (Å²) in [5.41, 5.74) is 3.15. The van der Waals surface area contributed by atoms with Crippen molar-refractivity contribution in [3.63, 3.8) is 0 Å². The average molecular weight is 775 g/mol. The summed E-state index contributed by atoms with van der Waals surface area (Å²) in [5.74, 6) is -2.34. The molecule has 2 aliphatic rings. The van der Waals surface area contributed by atoms with Crippen molar-refractivity contribution in [1.29, 1.82) is 0 Å². The number of rotatable bonds is 14. The number of aromatic hydroxyl groups is 1. The van der Waals surface area contributed by atoms with Crippen molar-refractivity contribution in [2.45, 2.75) is 77.9 Å². The molecule has 3 aromatic carbocycles. The van der Waals surface area contributed by atoms with Crippen LogP contribution in [0.3, 0.4) is 0 Å². The number of amides is 2. The van der Waals surface area contributed by atoms with Crippen molar-refractivity contribution >= 4 is 52.5 Å². The normalized spacial score (nSPS) is 20.6. The molecule has 0 unspecified atom stereocenters. The second kappa shape index (κ2) is 16.6. The van der Waals surface area contributed by atoms with Gasteiger partial charge in [0.05, 0.1) is 31.2 Å². The Morgan fingerprint density at radius 3 is 2.18 bits per heavy atom. The molecule has 0 bridgehead atoms. The molecule has 0 aromatic heterocycles. The number of aliphatic hydroxyl groups excluding tert-OH is 2. The number of allylic oxidation sites excluding steroid dienone is 1. The number of benzene rings is 3. The molecule has 7 nitrogen and oxygen atoms in total. The predicted octanol–water partition coefficient (Wildman–Crippen LogP) is 6.99. The molecule has 1 fully saturated rings. The molecule has 5 rings (SSSR count). The lowest BCUT2D eigenvalue weighted by atomic mass is 9.68. The lowest BCUT2D eigenvalue weighted by Crippen LogP contribution is -2.66. The quantitative estimate of drug-likeness (QED) is 0.0928. The first-order valence-corrected chi connectivity index (χ1v) is 20.9. The Hall–Kier alpha value is -3.34. The zero-order valence-electron chi connectivity index (χ0n) is 30.4. The Balaban J connectivity index is 1.58. The number of carbonyl (C=O) groups is 2. The fourth-order valence-electron chi connectivity index (χ4n) is 8.25. The highest BCUT2D eigenvalue weighted by Crippen LogP contribution is 2.47. The molecule has 1 aliphatic carbocycles. The largest absolute Gasteiger partial charge is 0.507 e. The molecule has 2 amide bonds. The zero-order chi connectivity index (χ0) is 36.9. The molecule has 3 aromatic rings. The summed E-state index contributed by atoms with van der Waals surface area (Å²) in [6.45, 7) is 10.7. The van der Waals surface area contributed by atoms with Gasteiger partial charge in [0.25, 0.3) is 8.32 Å². The van der Waals surface area contributed by atoms with E-state index in [1.807, 2.05) is 62.4 Å². The topological polar surface area (TPSA) is 107 Å². The Labute approximate surface area is 312 Å². The van der Waals surface area contributed by atoms with Crippen LogP contribution in [0.15, 0.2) is 100 Å². The first kappa shape index (κ1) is 38.9. The Morgan fingerprint density at radius 2 is 1.63 bits per heavy atom. The van der Waals surface area contributed by atoms with E-state index in [9.17, 15) is 24.9 Å². The molecular formula is C42H52BrNO6Si. The van der Waals surface area contributed by atoms with Gasteiger partial charge in [-0.25, -0.2) is 0 Å². The third-order valence-electron chi connectivity index (χ3n) is 10.7. The van der Waals surface area contributed by atoms with Gasteiger partial charge in [-0.3, -0.25) is 14.5 Å². The average Bonchev–Trinajstić information content (AvgIpc) is 3.35. The van der Waals surface area contributed by atoms with Gasteiger partial charge in [-0.05, 0) is 76.9 Å². The van der Waals surface area contributed by atoms with Crippen molar-refractivity contribution in [1.82, 2.24) is 4.90 Å². The minimum atomic E-state index is -2.99. The molecular weight excluding hydrogens is 722 g/mol. The summed E-state index contributed by atoms with van der Waals surface area (Å²) in [4.78, 5) is 28.9. The number of nitrogens with zero attached hydrogens (tertiary/aromatic N) is 1. The Morgan fingerprint density at radius 1 is 1.00 bits per heavy atom. The van der Waals surface area contributed by atoms with Gasteiger partial charge in [0.15, 0.2) is 0 Å². The van der Waals surface area contributed by atoms with Gasteiger partial charge < -0.3 is 19.7 Å². The summed E-state index contributed by atoms with van der Waals surface area (Å²) in [5, 5.41) is 35.5. The lowest BCUT2D eigenvalue weighted by Gasteiger charge is -2.44. The summed E-state index contributed by atoms with van der Waals surface area (Å²) in [7, 11) is -2.99. The fraction of sp³-hybridized carbons (Fsp3) is 0.429. The highest BCUT2D eigenvalue weighted by Gasteiger charge is 2.55. The van der Waals surface area contributed by atoms with Gasteiger partial charge in [-0.2, -0.15) is 0 Å². The van der Waals surface area contributed by atoms with E-state index in [0.29, 0.717) is 49.8 Å². The zero-order valence-corrected chi connectivity index (χ0v) is 33.0. The van der Waals surface area contributed by atoms with Crippen LogP contribution >= 0.6 is 15.9 Å². The summed E-state index contributed by atoms with van der Waals surface area (Å²) in [6, 6.07) is 26.0.